The Balaban J connectivity index is 1.77. The van der Waals surface area contributed by atoms with E-state index < -0.39 is 0 Å². The Kier molecular flexibility index (Phi) is 6.35. The number of aromatic nitrogens is 1. The zero-order valence-electron chi connectivity index (χ0n) is 17.2. The Bertz CT molecular complexity index is 1170. The van der Waals surface area contributed by atoms with Gasteiger partial charge >= 0.3 is 0 Å². The average molecular weight is 448 g/mol. The molecule has 0 aliphatic rings. The molecule has 0 bridgehead atoms. The first kappa shape index (κ1) is 21.1. The molecule has 0 aliphatic heterocycles. The highest BCUT2D eigenvalue weighted by Crippen LogP contribution is 2.41. The van der Waals surface area contributed by atoms with Gasteiger partial charge in [-0.25, -0.2) is 4.98 Å². The van der Waals surface area contributed by atoms with E-state index in [4.69, 9.17) is 11.6 Å². The lowest BCUT2D eigenvalue weighted by Crippen LogP contribution is -2.18. The lowest BCUT2D eigenvalue weighted by atomic mass is 9.96. The van der Waals surface area contributed by atoms with Crippen molar-refractivity contribution in [3.05, 3.63) is 111 Å². The Morgan fingerprint density at radius 3 is 2.35 bits per heavy atom. The number of nitrogens with zero attached hydrogens (tertiary/aromatic N) is 1. The van der Waals surface area contributed by atoms with E-state index in [-0.39, 0.29) is 11.9 Å². The molecule has 1 amide bonds. The molecule has 156 valence electrons. The van der Waals surface area contributed by atoms with Crippen molar-refractivity contribution < 1.29 is 4.79 Å². The summed E-state index contributed by atoms with van der Waals surface area (Å²) in [5, 5.41) is 8.17. The molecule has 0 spiro atoms. The van der Waals surface area contributed by atoms with Gasteiger partial charge in [0, 0.05) is 27.2 Å². The van der Waals surface area contributed by atoms with Gasteiger partial charge in [-0.3, -0.25) is 4.79 Å². The third kappa shape index (κ3) is 4.79. The van der Waals surface area contributed by atoms with Crippen molar-refractivity contribution >= 4 is 39.7 Å². The largest absolute Gasteiger partial charge is 0.359 e. The number of aryl methyl sites for hydroxylation is 1. The van der Waals surface area contributed by atoms with E-state index >= 15 is 0 Å². The maximum absolute atomic E-state index is 12.9. The van der Waals surface area contributed by atoms with Gasteiger partial charge in [0.25, 0.3) is 5.91 Å². The lowest BCUT2D eigenvalue weighted by Gasteiger charge is -2.22. The minimum atomic E-state index is -0.205. The van der Waals surface area contributed by atoms with E-state index in [0.717, 1.165) is 32.4 Å². The van der Waals surface area contributed by atoms with Gasteiger partial charge in [0.1, 0.15) is 10.8 Å². The Labute approximate surface area is 190 Å². The van der Waals surface area contributed by atoms with Crippen LogP contribution in [0.2, 0.25) is 5.02 Å². The molecular weight excluding hydrogens is 426 g/mol. The van der Waals surface area contributed by atoms with Crippen LogP contribution >= 0.6 is 22.9 Å². The summed E-state index contributed by atoms with van der Waals surface area (Å²) in [7, 11) is 0. The topological polar surface area (TPSA) is 54.0 Å². The van der Waals surface area contributed by atoms with Crippen LogP contribution in [-0.2, 0) is 0 Å². The van der Waals surface area contributed by atoms with Crippen molar-refractivity contribution in [1.82, 2.24) is 4.98 Å². The second-order valence-electron chi connectivity index (χ2n) is 7.19. The number of amides is 1. The van der Waals surface area contributed by atoms with Gasteiger partial charge < -0.3 is 10.6 Å². The highest BCUT2D eigenvalue weighted by molar-refractivity contribution is 7.16. The quantitative estimate of drug-likeness (QED) is 0.339. The number of halogens is 1. The standard InChI is InChI=1S/C25H22ClN3OS/c1-16-17(2)31-25(29-24(30)19-8-4-3-5-9-19)22(16)23(18-11-13-20(26)14-12-18)28-21-10-6-7-15-27-21/h3-15,23H,1-2H3,(H,27,28)(H,29,30). The van der Waals surface area contributed by atoms with Crippen LogP contribution < -0.4 is 10.6 Å². The number of benzene rings is 2. The van der Waals surface area contributed by atoms with Gasteiger partial charge in [0.15, 0.2) is 0 Å². The number of pyridine rings is 1. The summed E-state index contributed by atoms with van der Waals surface area (Å²) >= 11 is 7.72. The van der Waals surface area contributed by atoms with Gasteiger partial charge in [0.2, 0.25) is 0 Å². The second kappa shape index (κ2) is 9.33. The average Bonchev–Trinajstić information content (AvgIpc) is 3.07. The zero-order valence-corrected chi connectivity index (χ0v) is 18.8. The number of carbonyl (C=O) groups excluding carboxylic acids is 1. The molecule has 2 aromatic heterocycles. The van der Waals surface area contributed by atoms with Crippen molar-refractivity contribution in [2.24, 2.45) is 0 Å². The first-order valence-electron chi connectivity index (χ1n) is 9.92. The first-order chi connectivity index (χ1) is 15.0. The summed E-state index contributed by atoms with van der Waals surface area (Å²) in [6, 6.07) is 22.5. The van der Waals surface area contributed by atoms with Crippen LogP contribution in [0, 0.1) is 13.8 Å². The fourth-order valence-corrected chi connectivity index (χ4v) is 4.64. The van der Waals surface area contributed by atoms with Crippen molar-refractivity contribution in [1.29, 1.82) is 0 Å². The van der Waals surface area contributed by atoms with Gasteiger partial charge in [-0.15, -0.1) is 11.3 Å². The molecule has 31 heavy (non-hydrogen) atoms. The van der Waals surface area contributed by atoms with E-state index in [0.29, 0.717) is 10.6 Å². The van der Waals surface area contributed by atoms with Gasteiger partial charge in [0.05, 0.1) is 6.04 Å². The Morgan fingerprint density at radius 1 is 0.968 bits per heavy atom. The van der Waals surface area contributed by atoms with E-state index in [1.807, 2.05) is 72.8 Å². The molecule has 1 atom stereocenters. The normalized spacial score (nSPS) is 11.7. The summed E-state index contributed by atoms with van der Waals surface area (Å²) in [6.07, 6.45) is 1.76. The van der Waals surface area contributed by atoms with E-state index in [9.17, 15) is 4.79 Å². The molecule has 0 fully saturated rings. The lowest BCUT2D eigenvalue weighted by molar-refractivity contribution is 0.102. The molecule has 1 unspecified atom stereocenters. The SMILES string of the molecule is Cc1sc(NC(=O)c2ccccc2)c(C(Nc2ccccn2)c2ccc(Cl)cc2)c1C. The third-order valence-corrected chi connectivity index (χ3v) is 6.53. The van der Waals surface area contributed by atoms with Crippen LogP contribution in [0.3, 0.4) is 0 Å². The molecule has 4 aromatic rings. The van der Waals surface area contributed by atoms with Crippen molar-refractivity contribution in [2.45, 2.75) is 19.9 Å². The maximum Gasteiger partial charge on any atom is 0.256 e. The van der Waals surface area contributed by atoms with E-state index in [2.05, 4.69) is 29.5 Å². The highest BCUT2D eigenvalue weighted by Gasteiger charge is 2.25. The molecule has 0 aliphatic carbocycles. The number of rotatable bonds is 6. The van der Waals surface area contributed by atoms with Crippen LogP contribution in [0.4, 0.5) is 10.8 Å². The van der Waals surface area contributed by atoms with Crippen molar-refractivity contribution in [3.63, 3.8) is 0 Å². The number of hydrogen-bond acceptors (Lipinski definition) is 4. The summed E-state index contributed by atoms with van der Waals surface area (Å²) in [5.41, 5.74) is 3.82. The number of hydrogen-bond donors (Lipinski definition) is 2. The molecule has 0 saturated heterocycles. The fraction of sp³-hybridized carbons (Fsp3) is 0.120. The van der Waals surface area contributed by atoms with Crippen LogP contribution in [0.1, 0.15) is 38.0 Å². The monoisotopic (exact) mass is 447 g/mol. The Morgan fingerprint density at radius 2 is 1.68 bits per heavy atom. The molecular formula is C25H22ClN3OS. The first-order valence-corrected chi connectivity index (χ1v) is 11.1. The molecule has 2 heterocycles. The summed E-state index contributed by atoms with van der Waals surface area (Å²) in [6.45, 7) is 4.16. The minimum absolute atomic E-state index is 0.129. The van der Waals surface area contributed by atoms with Crippen molar-refractivity contribution in [3.8, 4) is 0 Å². The van der Waals surface area contributed by atoms with Crippen LogP contribution in [0.15, 0.2) is 79.0 Å². The third-order valence-electron chi connectivity index (χ3n) is 5.14. The van der Waals surface area contributed by atoms with E-state index in [1.165, 1.54) is 0 Å². The molecule has 4 rings (SSSR count). The molecule has 2 N–H and O–H groups in total. The molecule has 0 saturated carbocycles. The highest BCUT2D eigenvalue weighted by atomic mass is 35.5. The predicted molar refractivity (Wildman–Crippen MR) is 129 cm³/mol. The number of carbonyl (C=O) groups is 1. The number of anilines is 2. The number of thiophene rings is 1. The van der Waals surface area contributed by atoms with Gasteiger partial charge in [-0.05, 0) is 61.4 Å². The van der Waals surface area contributed by atoms with Crippen LogP contribution in [-0.4, -0.2) is 10.9 Å². The minimum Gasteiger partial charge on any atom is -0.359 e. The van der Waals surface area contributed by atoms with Crippen LogP contribution in [0.25, 0.3) is 0 Å². The predicted octanol–water partition coefficient (Wildman–Crippen LogP) is 6.87. The van der Waals surface area contributed by atoms with Crippen LogP contribution in [0.5, 0.6) is 0 Å². The zero-order chi connectivity index (χ0) is 21.8. The van der Waals surface area contributed by atoms with Gasteiger partial charge in [-0.1, -0.05) is 48.0 Å². The van der Waals surface area contributed by atoms with Crippen molar-refractivity contribution in [2.75, 3.05) is 10.6 Å². The van der Waals surface area contributed by atoms with E-state index in [1.54, 1.807) is 17.5 Å². The Hall–Kier alpha value is -3.15. The molecule has 6 heteroatoms. The summed E-state index contributed by atoms with van der Waals surface area (Å²) < 4.78 is 0. The summed E-state index contributed by atoms with van der Waals surface area (Å²) in [5.74, 6) is 0.627. The second-order valence-corrected chi connectivity index (χ2v) is 8.85. The molecule has 4 nitrogen and oxygen atoms in total. The molecule has 2 aromatic carbocycles. The molecule has 0 radical (unpaired) electrons. The smallest absolute Gasteiger partial charge is 0.256 e. The fourth-order valence-electron chi connectivity index (χ4n) is 3.42. The summed E-state index contributed by atoms with van der Waals surface area (Å²) in [4.78, 5) is 18.5. The van der Waals surface area contributed by atoms with Gasteiger partial charge in [-0.2, -0.15) is 0 Å². The number of nitrogens with one attached hydrogen (secondary N) is 2. The maximum atomic E-state index is 12.9.